The highest BCUT2D eigenvalue weighted by atomic mass is 35.6. The molecule has 10 atom stereocenters. The van der Waals surface area contributed by atoms with Gasteiger partial charge in [0.25, 0.3) is 9.70 Å². The predicted octanol–water partition coefficient (Wildman–Crippen LogP) is 10.4. The summed E-state index contributed by atoms with van der Waals surface area (Å²) in [5.74, 6) is -1.09. The number of carbonyl (C=O) groups excluding carboxylic acids is 1. The van der Waals surface area contributed by atoms with E-state index in [2.05, 4.69) is 5.32 Å². The third-order valence-corrected chi connectivity index (χ3v) is 12.5. The molecule has 8 rings (SSSR count). The van der Waals surface area contributed by atoms with Gasteiger partial charge in [-0.3, -0.25) is 4.79 Å². The fourth-order valence-electron chi connectivity index (χ4n) is 8.42. The summed E-state index contributed by atoms with van der Waals surface area (Å²) in [6, 6.07) is 56.3. The predicted molar refractivity (Wildman–Crippen MR) is 268 cm³/mol. The van der Waals surface area contributed by atoms with Crippen molar-refractivity contribution in [2.24, 2.45) is 0 Å². The second-order valence-electron chi connectivity index (χ2n) is 17.2. The first-order chi connectivity index (χ1) is 34.7. The van der Waals surface area contributed by atoms with Gasteiger partial charge in [-0.15, -0.1) is 0 Å². The van der Waals surface area contributed by atoms with Crippen molar-refractivity contribution < 1.29 is 51.8 Å². The Morgan fingerprint density at radius 1 is 0.451 bits per heavy atom. The number of hydrogen-bond donors (Lipinski definition) is 1. The molecular formula is C56H57Cl3FNO10. The lowest BCUT2D eigenvalue weighted by atomic mass is 9.95. The van der Waals surface area contributed by atoms with E-state index >= 15 is 4.39 Å². The largest absolute Gasteiger partial charge is 0.374 e. The number of amides is 1. The molecule has 1 amide bonds. The maximum absolute atomic E-state index is 16.8. The van der Waals surface area contributed by atoms with Gasteiger partial charge in [-0.1, -0.05) is 217 Å². The maximum Gasteiger partial charge on any atom is 0.272 e. The normalized spacial score (nSPS) is 24.6. The molecule has 2 saturated heterocycles. The van der Waals surface area contributed by atoms with Crippen molar-refractivity contribution in [3.63, 3.8) is 0 Å². The zero-order valence-corrected chi connectivity index (χ0v) is 41.1. The molecule has 374 valence electrons. The summed E-state index contributed by atoms with van der Waals surface area (Å²) in [6.07, 6.45) is -10.7. The van der Waals surface area contributed by atoms with Crippen molar-refractivity contribution in [3.8, 4) is 0 Å². The average Bonchev–Trinajstić information content (AvgIpc) is 3.39. The van der Waals surface area contributed by atoms with Crippen LogP contribution in [-0.4, -0.2) is 84.3 Å². The van der Waals surface area contributed by atoms with Gasteiger partial charge in [-0.05, 0) is 33.4 Å². The molecule has 15 heteroatoms. The van der Waals surface area contributed by atoms with Gasteiger partial charge in [0, 0.05) is 0 Å². The van der Waals surface area contributed by atoms with Crippen LogP contribution in [0, 0.1) is 0 Å². The first kappa shape index (κ1) is 52.5. The molecule has 71 heavy (non-hydrogen) atoms. The van der Waals surface area contributed by atoms with Gasteiger partial charge < -0.3 is 47.9 Å². The Bertz CT molecular complexity index is 2450. The second kappa shape index (κ2) is 26.8. The molecule has 6 aromatic rings. The molecule has 0 bridgehead atoms. The fourth-order valence-corrected chi connectivity index (χ4v) is 8.58. The van der Waals surface area contributed by atoms with Crippen LogP contribution in [0.1, 0.15) is 33.4 Å². The smallest absolute Gasteiger partial charge is 0.272 e. The van der Waals surface area contributed by atoms with Crippen LogP contribution >= 0.6 is 34.8 Å². The summed E-state index contributed by atoms with van der Waals surface area (Å²) in [5.41, 5.74) is 5.31. The first-order valence-corrected chi connectivity index (χ1v) is 24.6. The number of alkyl halides is 4. The summed E-state index contributed by atoms with van der Waals surface area (Å²) in [5, 5.41) is 2.54. The van der Waals surface area contributed by atoms with Crippen molar-refractivity contribution in [3.05, 3.63) is 215 Å². The number of nitrogens with one attached hydrogen (secondary N) is 1. The molecule has 0 spiro atoms. The van der Waals surface area contributed by atoms with E-state index in [1.807, 2.05) is 182 Å². The molecular weight excluding hydrogens is 972 g/mol. The van der Waals surface area contributed by atoms with Crippen LogP contribution in [0.5, 0.6) is 0 Å². The maximum atomic E-state index is 16.8. The highest BCUT2D eigenvalue weighted by molar-refractivity contribution is 6.76. The summed E-state index contributed by atoms with van der Waals surface area (Å²) < 4.78 is 74.8. The third kappa shape index (κ3) is 15.6. The number of benzene rings is 6. The molecule has 2 heterocycles. The minimum absolute atomic E-state index is 0.0244. The van der Waals surface area contributed by atoms with Crippen molar-refractivity contribution in [1.29, 1.82) is 0 Å². The molecule has 0 aromatic heterocycles. The molecule has 2 aliphatic heterocycles. The lowest BCUT2D eigenvalue weighted by Gasteiger charge is -2.49. The van der Waals surface area contributed by atoms with Gasteiger partial charge in [0.2, 0.25) is 6.36 Å². The summed E-state index contributed by atoms with van der Waals surface area (Å²) >= 11 is 18.2. The molecule has 11 nitrogen and oxygen atoms in total. The summed E-state index contributed by atoms with van der Waals surface area (Å²) in [6.45, 7) is 0.796. The molecule has 0 aliphatic carbocycles. The lowest BCUT2D eigenvalue weighted by Crippen LogP contribution is -2.68. The van der Waals surface area contributed by atoms with Gasteiger partial charge in [0.15, 0.2) is 6.29 Å². The van der Waals surface area contributed by atoms with Crippen LogP contribution in [0.4, 0.5) is 4.39 Å². The van der Waals surface area contributed by atoms with Gasteiger partial charge in [-0.25, -0.2) is 4.39 Å². The van der Waals surface area contributed by atoms with Crippen LogP contribution in [-0.2, 0) is 87.1 Å². The van der Waals surface area contributed by atoms with Crippen LogP contribution in [0.25, 0.3) is 0 Å². The van der Waals surface area contributed by atoms with Crippen molar-refractivity contribution in [2.75, 3.05) is 13.2 Å². The Morgan fingerprint density at radius 2 is 0.789 bits per heavy atom. The van der Waals surface area contributed by atoms with Crippen LogP contribution in [0.3, 0.4) is 0 Å². The number of hydrogen-bond acceptors (Lipinski definition) is 10. The van der Waals surface area contributed by atoms with E-state index in [1.165, 1.54) is 0 Å². The highest BCUT2D eigenvalue weighted by Crippen LogP contribution is 2.37. The lowest BCUT2D eigenvalue weighted by molar-refractivity contribution is -0.360. The zero-order chi connectivity index (χ0) is 49.3. The van der Waals surface area contributed by atoms with Crippen molar-refractivity contribution in [2.45, 2.75) is 105 Å². The van der Waals surface area contributed by atoms with Crippen LogP contribution in [0.2, 0.25) is 0 Å². The van der Waals surface area contributed by atoms with Crippen molar-refractivity contribution >= 4 is 40.7 Å². The Hall–Kier alpha value is -4.77. The number of ether oxygens (including phenoxy) is 9. The Balaban J connectivity index is 1.19. The van der Waals surface area contributed by atoms with Crippen molar-refractivity contribution in [1.82, 2.24) is 5.32 Å². The molecule has 0 radical (unpaired) electrons. The van der Waals surface area contributed by atoms with Crippen LogP contribution < -0.4 is 5.32 Å². The van der Waals surface area contributed by atoms with Crippen LogP contribution in [0.15, 0.2) is 182 Å². The topological polar surface area (TPSA) is 112 Å². The fraction of sp³-hybridized carbons (Fsp3) is 0.339. The SMILES string of the molecule is O=C(N[C@@H]1[C@@H](OCc2ccccc2)[C@H](O[C@@H]2O[C@H](COCc3ccccc3)[C@H](OCc3ccccc3)[C@H](OCc3ccccc3)[C@H]2OCc2ccccc2)[C@@H](COCc2ccccc2)O[C@@H]1F)C(Cl)(Cl)Cl. The first-order valence-electron chi connectivity index (χ1n) is 23.5. The molecule has 0 saturated carbocycles. The summed E-state index contributed by atoms with van der Waals surface area (Å²) in [4.78, 5) is 13.4. The average molecular weight is 1030 g/mol. The number of halogens is 4. The number of carbonyl (C=O) groups is 1. The number of rotatable bonds is 23. The van der Waals surface area contributed by atoms with Gasteiger partial charge >= 0.3 is 0 Å². The monoisotopic (exact) mass is 1030 g/mol. The van der Waals surface area contributed by atoms with Gasteiger partial charge in [0.05, 0.1) is 52.9 Å². The Labute approximate surface area is 429 Å². The zero-order valence-electron chi connectivity index (χ0n) is 38.8. The van der Waals surface area contributed by atoms with Gasteiger partial charge in [-0.2, -0.15) is 0 Å². The second-order valence-corrected chi connectivity index (χ2v) is 19.5. The quantitative estimate of drug-likeness (QED) is 0.0623. The molecule has 6 aromatic carbocycles. The standard InChI is InChI=1S/C56H57Cl3FNO10/c57-56(58,59)55(62)61-47-50(66-34-42-25-13-4-14-26-42)49(46(69-53(47)60)38-64-32-40-21-9-2-10-22-40)71-54-52(68-36-44-29-17-6-18-30-44)51(67-35-43-27-15-5-16-28-43)48(65-33-41-23-11-3-12-24-41)45(70-54)37-63-31-39-19-7-1-8-20-39/h1-30,45-54H,31-38H2,(H,61,62)/t45-,46-,47-,48+,49-,50-,51+,52-,53+,54+/m1/s1. The van der Waals surface area contributed by atoms with E-state index in [9.17, 15) is 4.79 Å². The Morgan fingerprint density at radius 3 is 1.18 bits per heavy atom. The van der Waals surface area contributed by atoms with E-state index in [0.717, 1.165) is 33.4 Å². The van der Waals surface area contributed by atoms with E-state index in [0.29, 0.717) is 0 Å². The van der Waals surface area contributed by atoms with E-state index < -0.39 is 71.1 Å². The third-order valence-electron chi connectivity index (χ3n) is 12.0. The summed E-state index contributed by atoms with van der Waals surface area (Å²) in [7, 11) is 0. The Kier molecular flexibility index (Phi) is 19.8. The minimum Gasteiger partial charge on any atom is -0.374 e. The minimum atomic E-state index is -2.45. The van der Waals surface area contributed by atoms with E-state index in [1.54, 1.807) is 0 Å². The van der Waals surface area contributed by atoms with E-state index in [-0.39, 0.29) is 52.9 Å². The van der Waals surface area contributed by atoms with Gasteiger partial charge in [0.1, 0.15) is 48.8 Å². The van der Waals surface area contributed by atoms with E-state index in [4.69, 9.17) is 77.4 Å². The molecule has 1 N–H and O–H groups in total. The molecule has 0 unspecified atom stereocenters. The molecule has 2 fully saturated rings. The highest BCUT2D eigenvalue weighted by Gasteiger charge is 2.55. The molecule has 2 aliphatic rings.